The van der Waals surface area contributed by atoms with Crippen LogP contribution in [0.2, 0.25) is 0 Å². The zero-order chi connectivity index (χ0) is 12.5. The second-order valence-corrected chi connectivity index (χ2v) is 4.92. The van der Waals surface area contributed by atoms with Crippen molar-refractivity contribution < 1.29 is 9.84 Å². The Labute approximate surface area is 107 Å². The summed E-state index contributed by atoms with van der Waals surface area (Å²) < 4.78 is 6.09. The van der Waals surface area contributed by atoms with E-state index in [9.17, 15) is 5.11 Å². The van der Waals surface area contributed by atoms with Gasteiger partial charge in [-0.05, 0) is 35.7 Å². The van der Waals surface area contributed by atoms with Crippen molar-refractivity contribution in [2.24, 2.45) is 5.92 Å². The Morgan fingerprint density at radius 2 is 1.78 bits per heavy atom. The summed E-state index contributed by atoms with van der Waals surface area (Å²) in [6.07, 6.45) is 1.10. The molecule has 1 N–H and O–H groups in total. The van der Waals surface area contributed by atoms with Crippen LogP contribution in [-0.2, 0) is 6.42 Å². The highest BCUT2D eigenvalue weighted by molar-refractivity contribution is 5.38. The first-order valence-electron chi connectivity index (χ1n) is 6.27. The first-order chi connectivity index (χ1) is 8.74. The highest BCUT2D eigenvalue weighted by Crippen LogP contribution is 2.38. The van der Waals surface area contributed by atoms with Gasteiger partial charge in [0.15, 0.2) is 0 Å². The average Bonchev–Trinajstić information content (AvgIpc) is 2.39. The van der Waals surface area contributed by atoms with Gasteiger partial charge in [-0.2, -0.15) is 0 Å². The van der Waals surface area contributed by atoms with Crippen LogP contribution in [0.15, 0.2) is 48.5 Å². The molecule has 1 aliphatic heterocycles. The number of fused-ring (bicyclic) bond motifs is 1. The Morgan fingerprint density at radius 1 is 1.06 bits per heavy atom. The molecule has 2 unspecified atom stereocenters. The van der Waals surface area contributed by atoms with Crippen molar-refractivity contribution >= 4 is 0 Å². The van der Waals surface area contributed by atoms with Crippen molar-refractivity contribution in [1.82, 2.24) is 0 Å². The fraction of sp³-hybridized carbons (Fsp3) is 0.250. The minimum Gasteiger partial charge on any atom is -0.508 e. The summed E-state index contributed by atoms with van der Waals surface area (Å²) in [7, 11) is 0. The maximum absolute atomic E-state index is 9.34. The van der Waals surface area contributed by atoms with Crippen LogP contribution < -0.4 is 4.74 Å². The maximum atomic E-state index is 9.34. The summed E-state index contributed by atoms with van der Waals surface area (Å²) in [4.78, 5) is 0. The van der Waals surface area contributed by atoms with Gasteiger partial charge in [-0.3, -0.25) is 0 Å². The number of hydrogen-bond acceptors (Lipinski definition) is 2. The van der Waals surface area contributed by atoms with E-state index in [4.69, 9.17) is 4.74 Å². The molecule has 3 rings (SSSR count). The van der Waals surface area contributed by atoms with Gasteiger partial charge in [0, 0.05) is 5.92 Å². The van der Waals surface area contributed by atoms with Gasteiger partial charge >= 0.3 is 0 Å². The molecule has 18 heavy (non-hydrogen) atoms. The first kappa shape index (κ1) is 11.1. The second-order valence-electron chi connectivity index (χ2n) is 4.92. The Bertz CT molecular complexity index is 545. The smallest absolute Gasteiger partial charge is 0.127 e. The molecule has 0 spiro atoms. The minimum absolute atomic E-state index is 0.0699. The SMILES string of the molecule is CC1Cc2ccccc2OC1c1ccc(O)cc1. The maximum Gasteiger partial charge on any atom is 0.127 e. The van der Waals surface area contributed by atoms with Crippen molar-refractivity contribution in [1.29, 1.82) is 0 Å². The van der Waals surface area contributed by atoms with E-state index in [0.29, 0.717) is 11.7 Å². The molecule has 0 bridgehead atoms. The fourth-order valence-corrected chi connectivity index (χ4v) is 2.55. The van der Waals surface area contributed by atoms with E-state index in [1.54, 1.807) is 12.1 Å². The molecule has 0 saturated carbocycles. The molecule has 0 aromatic heterocycles. The summed E-state index contributed by atoms with van der Waals surface area (Å²) in [6, 6.07) is 15.5. The number of aromatic hydroxyl groups is 1. The van der Waals surface area contributed by atoms with Gasteiger partial charge in [-0.1, -0.05) is 37.3 Å². The van der Waals surface area contributed by atoms with Gasteiger partial charge in [0.2, 0.25) is 0 Å². The predicted octanol–water partition coefficient (Wildman–Crippen LogP) is 3.70. The fourth-order valence-electron chi connectivity index (χ4n) is 2.55. The average molecular weight is 240 g/mol. The Balaban J connectivity index is 1.93. The zero-order valence-electron chi connectivity index (χ0n) is 10.3. The van der Waals surface area contributed by atoms with Crippen molar-refractivity contribution in [3.8, 4) is 11.5 Å². The first-order valence-corrected chi connectivity index (χ1v) is 6.27. The molecule has 1 heterocycles. The van der Waals surface area contributed by atoms with Crippen LogP contribution in [0.4, 0.5) is 0 Å². The van der Waals surface area contributed by atoms with Gasteiger partial charge in [-0.15, -0.1) is 0 Å². The summed E-state index contributed by atoms with van der Waals surface area (Å²) in [5, 5.41) is 9.34. The molecule has 0 saturated heterocycles. The van der Waals surface area contributed by atoms with Crippen LogP contribution in [-0.4, -0.2) is 5.11 Å². The van der Waals surface area contributed by atoms with E-state index < -0.39 is 0 Å². The Kier molecular flexibility index (Phi) is 2.71. The normalized spacial score (nSPS) is 22.1. The number of ether oxygens (including phenoxy) is 1. The number of phenolic OH excluding ortho intramolecular Hbond substituents is 1. The largest absolute Gasteiger partial charge is 0.508 e. The molecule has 0 amide bonds. The van der Waals surface area contributed by atoms with E-state index >= 15 is 0 Å². The van der Waals surface area contributed by atoms with E-state index in [1.165, 1.54) is 5.56 Å². The Hall–Kier alpha value is -1.96. The second kappa shape index (κ2) is 4.37. The number of para-hydroxylation sites is 1. The lowest BCUT2D eigenvalue weighted by atomic mass is 9.88. The van der Waals surface area contributed by atoms with Crippen LogP contribution in [0.3, 0.4) is 0 Å². The monoisotopic (exact) mass is 240 g/mol. The lowest BCUT2D eigenvalue weighted by Crippen LogP contribution is -2.23. The highest BCUT2D eigenvalue weighted by atomic mass is 16.5. The third-order valence-corrected chi connectivity index (χ3v) is 3.51. The van der Waals surface area contributed by atoms with Gasteiger partial charge in [0.1, 0.15) is 17.6 Å². The van der Waals surface area contributed by atoms with Crippen molar-refractivity contribution in [2.75, 3.05) is 0 Å². The number of benzene rings is 2. The number of hydrogen-bond donors (Lipinski definition) is 1. The van der Waals surface area contributed by atoms with Gasteiger partial charge in [0.05, 0.1) is 0 Å². The van der Waals surface area contributed by atoms with Crippen molar-refractivity contribution in [3.05, 3.63) is 59.7 Å². The van der Waals surface area contributed by atoms with Gasteiger partial charge in [-0.25, -0.2) is 0 Å². The van der Waals surface area contributed by atoms with E-state index in [0.717, 1.165) is 17.7 Å². The van der Waals surface area contributed by atoms with Gasteiger partial charge < -0.3 is 9.84 Å². The molecule has 2 aromatic carbocycles. The molecule has 0 radical (unpaired) electrons. The topological polar surface area (TPSA) is 29.5 Å². The van der Waals surface area contributed by atoms with E-state index in [1.807, 2.05) is 24.3 Å². The lowest BCUT2D eigenvalue weighted by Gasteiger charge is -2.31. The van der Waals surface area contributed by atoms with Crippen LogP contribution in [0.5, 0.6) is 11.5 Å². The summed E-state index contributed by atoms with van der Waals surface area (Å²) in [5.41, 5.74) is 2.40. The van der Waals surface area contributed by atoms with E-state index in [-0.39, 0.29) is 6.10 Å². The quantitative estimate of drug-likeness (QED) is 0.823. The molecule has 0 aliphatic carbocycles. The molecular formula is C16H16O2. The molecule has 2 atom stereocenters. The molecule has 2 aromatic rings. The van der Waals surface area contributed by atoms with Gasteiger partial charge in [0.25, 0.3) is 0 Å². The van der Waals surface area contributed by atoms with Crippen molar-refractivity contribution in [3.63, 3.8) is 0 Å². The summed E-state index contributed by atoms with van der Waals surface area (Å²) in [5.74, 6) is 1.71. The van der Waals surface area contributed by atoms with Crippen LogP contribution in [0.1, 0.15) is 24.2 Å². The van der Waals surface area contributed by atoms with Crippen LogP contribution in [0, 0.1) is 5.92 Å². The Morgan fingerprint density at radius 3 is 2.56 bits per heavy atom. The standard InChI is InChI=1S/C16H16O2/c1-11-10-13-4-2-3-5-15(13)18-16(11)12-6-8-14(17)9-7-12/h2-9,11,16-17H,10H2,1H3. The number of rotatable bonds is 1. The van der Waals surface area contributed by atoms with Crippen LogP contribution in [0.25, 0.3) is 0 Å². The van der Waals surface area contributed by atoms with E-state index in [2.05, 4.69) is 19.1 Å². The van der Waals surface area contributed by atoms with Crippen molar-refractivity contribution in [2.45, 2.75) is 19.4 Å². The molecule has 0 fully saturated rings. The predicted molar refractivity (Wildman–Crippen MR) is 70.8 cm³/mol. The molecule has 2 nitrogen and oxygen atoms in total. The lowest BCUT2D eigenvalue weighted by molar-refractivity contribution is 0.123. The third-order valence-electron chi connectivity index (χ3n) is 3.51. The summed E-state index contributed by atoms with van der Waals surface area (Å²) in [6.45, 7) is 2.20. The van der Waals surface area contributed by atoms with Crippen LogP contribution >= 0.6 is 0 Å². The third kappa shape index (κ3) is 1.94. The molecule has 92 valence electrons. The molecular weight excluding hydrogens is 224 g/mol. The summed E-state index contributed by atoms with van der Waals surface area (Å²) >= 11 is 0. The minimum atomic E-state index is 0.0699. The highest BCUT2D eigenvalue weighted by Gasteiger charge is 2.27. The molecule has 1 aliphatic rings. The molecule has 2 heteroatoms. The zero-order valence-corrected chi connectivity index (χ0v) is 10.3. The number of phenols is 1.